The van der Waals surface area contributed by atoms with Crippen molar-refractivity contribution in [2.75, 3.05) is 19.7 Å². The first kappa shape index (κ1) is 20.9. The molecule has 2 heterocycles. The molecule has 0 bridgehead atoms. The highest BCUT2D eigenvalue weighted by molar-refractivity contribution is 6.00. The van der Waals surface area contributed by atoms with E-state index in [1.807, 2.05) is 42.5 Å². The lowest BCUT2D eigenvalue weighted by atomic mass is 10.1. The van der Waals surface area contributed by atoms with Crippen LogP contribution in [0.25, 0.3) is 0 Å². The zero-order chi connectivity index (χ0) is 21.1. The molecule has 1 aliphatic heterocycles. The van der Waals surface area contributed by atoms with Crippen LogP contribution in [0.1, 0.15) is 36.8 Å². The molecular weight excluding hydrogens is 386 g/mol. The number of pyridine rings is 1. The Morgan fingerprint density at radius 1 is 0.806 bits per heavy atom. The Bertz CT molecular complexity index is 989. The molecule has 0 spiro atoms. The number of para-hydroxylation sites is 2. The van der Waals surface area contributed by atoms with Gasteiger partial charge in [-0.3, -0.25) is 4.99 Å². The number of rotatable bonds is 3. The molecule has 0 fully saturated rings. The van der Waals surface area contributed by atoms with Gasteiger partial charge < -0.3 is 14.8 Å². The Morgan fingerprint density at radius 3 is 2.52 bits per heavy atom. The third kappa shape index (κ3) is 6.07. The predicted molar refractivity (Wildman–Crippen MR) is 124 cm³/mol. The zero-order valence-electron chi connectivity index (χ0n) is 17.8. The van der Waals surface area contributed by atoms with Crippen LogP contribution in [-0.2, 0) is 6.42 Å². The summed E-state index contributed by atoms with van der Waals surface area (Å²) < 4.78 is 12.2. The van der Waals surface area contributed by atoms with E-state index in [2.05, 4.69) is 34.6 Å². The summed E-state index contributed by atoms with van der Waals surface area (Å²) in [6.45, 7) is 2.25. The lowest BCUT2D eigenvalue weighted by molar-refractivity contribution is 0.290. The molecule has 0 unspecified atom stereocenters. The van der Waals surface area contributed by atoms with Crippen LogP contribution in [0.15, 0.2) is 77.9 Å². The van der Waals surface area contributed by atoms with Crippen LogP contribution in [0.2, 0.25) is 0 Å². The Hall–Kier alpha value is -3.34. The van der Waals surface area contributed by atoms with E-state index in [-0.39, 0.29) is 0 Å². The molecule has 160 valence electrons. The molecule has 0 atom stereocenters. The van der Waals surface area contributed by atoms with Gasteiger partial charge in [-0.25, -0.2) is 4.98 Å². The van der Waals surface area contributed by atoms with Gasteiger partial charge in [-0.2, -0.15) is 0 Å². The molecule has 0 aliphatic carbocycles. The van der Waals surface area contributed by atoms with Gasteiger partial charge in [-0.1, -0.05) is 48.9 Å². The van der Waals surface area contributed by atoms with Gasteiger partial charge in [0.05, 0.1) is 12.2 Å². The number of amidine groups is 1. The number of hydrogen-bond donors (Lipinski definition) is 1. The van der Waals surface area contributed by atoms with Crippen molar-refractivity contribution in [3.8, 4) is 17.4 Å². The number of aromatic nitrogens is 1. The lowest BCUT2D eigenvalue weighted by Crippen LogP contribution is -2.28. The maximum absolute atomic E-state index is 6.22. The summed E-state index contributed by atoms with van der Waals surface area (Å²) >= 11 is 0. The van der Waals surface area contributed by atoms with Crippen molar-refractivity contribution in [2.45, 2.75) is 32.1 Å². The molecular formula is C26H29N3O2. The largest absolute Gasteiger partial charge is 0.490 e. The molecule has 4 rings (SSSR count). The van der Waals surface area contributed by atoms with Crippen molar-refractivity contribution in [2.24, 2.45) is 4.99 Å². The molecule has 0 radical (unpaired) electrons. The fourth-order valence-electron chi connectivity index (χ4n) is 3.56. The van der Waals surface area contributed by atoms with E-state index < -0.39 is 0 Å². The van der Waals surface area contributed by atoms with Gasteiger partial charge in [-0.05, 0) is 55.5 Å². The van der Waals surface area contributed by atoms with Crippen LogP contribution in [0.3, 0.4) is 0 Å². The van der Waals surface area contributed by atoms with Crippen molar-refractivity contribution >= 4 is 5.84 Å². The number of hydrogen-bond acceptors (Lipinski definition) is 5. The second kappa shape index (κ2) is 11.2. The topological polar surface area (TPSA) is 55.7 Å². The minimum Gasteiger partial charge on any atom is -0.490 e. The molecule has 0 amide bonds. The smallest absolute Gasteiger partial charge is 0.230 e. The number of nitrogens with zero attached hydrogens (tertiary/aromatic N) is 2. The number of ether oxygens (including phenoxy) is 2. The first-order valence-corrected chi connectivity index (χ1v) is 11.1. The van der Waals surface area contributed by atoms with E-state index in [1.54, 1.807) is 6.20 Å². The van der Waals surface area contributed by atoms with Crippen molar-refractivity contribution in [3.05, 3.63) is 84.1 Å². The summed E-state index contributed by atoms with van der Waals surface area (Å²) in [5.41, 5.74) is 2.16. The van der Waals surface area contributed by atoms with Gasteiger partial charge in [0.1, 0.15) is 5.84 Å². The minimum absolute atomic E-state index is 0.529. The quantitative estimate of drug-likeness (QED) is 0.622. The van der Waals surface area contributed by atoms with Crippen LogP contribution >= 0.6 is 0 Å². The summed E-state index contributed by atoms with van der Waals surface area (Å²) in [6.07, 6.45) is 7.02. The molecule has 0 saturated heterocycles. The van der Waals surface area contributed by atoms with E-state index in [9.17, 15) is 0 Å². The molecule has 1 aliphatic rings. The Balaban J connectivity index is 1.59. The van der Waals surface area contributed by atoms with Crippen LogP contribution in [-0.4, -0.2) is 30.5 Å². The van der Waals surface area contributed by atoms with Crippen molar-refractivity contribution in [1.29, 1.82) is 0 Å². The van der Waals surface area contributed by atoms with Crippen LogP contribution in [0.5, 0.6) is 17.4 Å². The second-order valence-electron chi connectivity index (χ2n) is 7.56. The van der Waals surface area contributed by atoms with E-state index in [0.29, 0.717) is 18.2 Å². The third-order valence-corrected chi connectivity index (χ3v) is 5.21. The van der Waals surface area contributed by atoms with Gasteiger partial charge >= 0.3 is 0 Å². The first-order chi connectivity index (χ1) is 15.4. The second-order valence-corrected chi connectivity index (χ2v) is 7.56. The SMILES string of the molecule is c1ccc(CCNC2=NCCCCCCOc3ccccc3Oc3ncccc32)cc1. The summed E-state index contributed by atoms with van der Waals surface area (Å²) in [5, 5.41) is 3.53. The van der Waals surface area contributed by atoms with E-state index in [0.717, 1.165) is 62.3 Å². The third-order valence-electron chi connectivity index (χ3n) is 5.21. The molecule has 5 heteroatoms. The van der Waals surface area contributed by atoms with Crippen molar-refractivity contribution in [1.82, 2.24) is 10.3 Å². The van der Waals surface area contributed by atoms with E-state index in [1.165, 1.54) is 5.56 Å². The molecule has 1 N–H and O–H groups in total. The fraction of sp³-hybridized carbons (Fsp3) is 0.308. The average molecular weight is 416 g/mol. The molecule has 3 aromatic rings. The van der Waals surface area contributed by atoms with Gasteiger partial charge in [0.25, 0.3) is 0 Å². The van der Waals surface area contributed by atoms with Gasteiger partial charge in [-0.15, -0.1) is 0 Å². The molecule has 0 saturated carbocycles. The highest BCUT2D eigenvalue weighted by atomic mass is 16.5. The van der Waals surface area contributed by atoms with E-state index >= 15 is 0 Å². The van der Waals surface area contributed by atoms with E-state index in [4.69, 9.17) is 14.5 Å². The van der Waals surface area contributed by atoms with Gasteiger partial charge in [0.15, 0.2) is 11.5 Å². The molecule has 5 nitrogen and oxygen atoms in total. The molecule has 2 aromatic carbocycles. The average Bonchev–Trinajstić information content (AvgIpc) is 2.81. The van der Waals surface area contributed by atoms with Gasteiger partial charge in [0, 0.05) is 19.3 Å². The monoisotopic (exact) mass is 415 g/mol. The van der Waals surface area contributed by atoms with Crippen molar-refractivity contribution < 1.29 is 9.47 Å². The lowest BCUT2D eigenvalue weighted by Gasteiger charge is -2.16. The maximum atomic E-state index is 6.22. The fourth-order valence-corrected chi connectivity index (χ4v) is 3.56. The normalized spacial score (nSPS) is 14.6. The summed E-state index contributed by atoms with van der Waals surface area (Å²) in [4.78, 5) is 9.40. The Labute approximate surface area is 184 Å². The van der Waals surface area contributed by atoms with Crippen LogP contribution < -0.4 is 14.8 Å². The molecule has 1 aromatic heterocycles. The zero-order valence-corrected chi connectivity index (χ0v) is 17.8. The Kier molecular flexibility index (Phi) is 7.53. The van der Waals surface area contributed by atoms with Crippen LogP contribution in [0.4, 0.5) is 0 Å². The minimum atomic E-state index is 0.529. The number of benzene rings is 2. The van der Waals surface area contributed by atoms with Crippen LogP contribution in [0, 0.1) is 0 Å². The summed E-state index contributed by atoms with van der Waals surface area (Å²) in [6, 6.07) is 22.2. The Morgan fingerprint density at radius 2 is 1.61 bits per heavy atom. The summed E-state index contributed by atoms with van der Waals surface area (Å²) in [5.74, 6) is 2.77. The first-order valence-electron chi connectivity index (χ1n) is 11.1. The highest BCUT2D eigenvalue weighted by Crippen LogP contribution is 2.32. The predicted octanol–water partition coefficient (Wildman–Crippen LogP) is 5.41. The number of nitrogens with one attached hydrogen (secondary N) is 1. The molecule has 31 heavy (non-hydrogen) atoms. The highest BCUT2D eigenvalue weighted by Gasteiger charge is 2.15. The van der Waals surface area contributed by atoms with Gasteiger partial charge in [0.2, 0.25) is 5.88 Å². The standard InChI is InChI=1S/C26H29N3O2/c1-2-9-20-30-23-14-6-7-15-24(23)31-26-22(13-10-18-29-26)25(27-17-8-1)28-19-16-21-11-4-3-5-12-21/h3-7,10-15,18H,1-2,8-9,16-17,19-20H2,(H,27,28). The number of aliphatic imine (C=N–C) groups is 1. The summed E-state index contributed by atoms with van der Waals surface area (Å²) in [7, 11) is 0. The number of fused-ring (bicyclic) bond motifs is 2. The maximum Gasteiger partial charge on any atom is 0.230 e. The van der Waals surface area contributed by atoms with Crippen molar-refractivity contribution in [3.63, 3.8) is 0 Å².